The molecule has 62 valence electrons. The highest BCUT2D eigenvalue weighted by Gasteiger charge is 2.20. The van der Waals surface area contributed by atoms with Gasteiger partial charge in [0.05, 0.1) is 0 Å². The second kappa shape index (κ2) is 2.95. The van der Waals surface area contributed by atoms with Gasteiger partial charge < -0.3 is 10.4 Å². The molecule has 1 aliphatic rings. The van der Waals surface area contributed by atoms with Crippen molar-refractivity contribution in [2.24, 2.45) is 11.8 Å². The second-order valence-electron chi connectivity index (χ2n) is 3.17. The van der Waals surface area contributed by atoms with E-state index in [-0.39, 0.29) is 17.6 Å². The molecule has 1 rings (SSSR count). The summed E-state index contributed by atoms with van der Waals surface area (Å²) in [5.41, 5.74) is 0. The number of amides is 1. The first-order valence-electron chi connectivity index (χ1n) is 3.80. The normalized spacial score (nSPS) is 24.8. The van der Waals surface area contributed by atoms with Gasteiger partial charge in [-0.1, -0.05) is 13.8 Å². The summed E-state index contributed by atoms with van der Waals surface area (Å²) in [4.78, 5) is 10.7. The van der Waals surface area contributed by atoms with Gasteiger partial charge in [-0.2, -0.15) is 0 Å². The molecule has 1 unspecified atom stereocenters. The van der Waals surface area contributed by atoms with Crippen LogP contribution >= 0.6 is 0 Å². The minimum absolute atomic E-state index is 0.144. The number of aliphatic hydroxyl groups is 1. The predicted octanol–water partition coefficient (Wildman–Crippen LogP) is 0.830. The van der Waals surface area contributed by atoms with E-state index in [2.05, 4.69) is 19.2 Å². The van der Waals surface area contributed by atoms with Crippen molar-refractivity contribution in [3.63, 3.8) is 0 Å². The molecule has 2 N–H and O–H groups in total. The Morgan fingerprint density at radius 1 is 1.73 bits per heavy atom. The summed E-state index contributed by atoms with van der Waals surface area (Å²) in [5, 5.41) is 11.7. The summed E-state index contributed by atoms with van der Waals surface area (Å²) in [6, 6.07) is 0. The summed E-state index contributed by atoms with van der Waals surface area (Å²) in [6.07, 6.45) is 1.63. The maximum absolute atomic E-state index is 10.7. The van der Waals surface area contributed by atoms with Crippen molar-refractivity contribution in [3.8, 4) is 0 Å². The van der Waals surface area contributed by atoms with Crippen LogP contribution in [0.5, 0.6) is 0 Å². The molecule has 0 saturated heterocycles. The third-order valence-electron chi connectivity index (χ3n) is 1.96. The molecule has 1 aliphatic heterocycles. The Morgan fingerprint density at radius 3 is 2.82 bits per heavy atom. The standard InChI is InChI=1S/C8H13NO2/c1-5(2)6-3-7(10)8(11)9-4-6/h3,5-6,10H,4H2,1-2H3,(H,9,11). The van der Waals surface area contributed by atoms with Gasteiger partial charge in [0.15, 0.2) is 5.76 Å². The van der Waals surface area contributed by atoms with Gasteiger partial charge in [0.1, 0.15) is 0 Å². The molecule has 0 aromatic carbocycles. The number of carbonyl (C=O) groups excluding carboxylic acids is 1. The largest absolute Gasteiger partial charge is 0.503 e. The molecular weight excluding hydrogens is 142 g/mol. The molecule has 0 aromatic heterocycles. The maximum Gasteiger partial charge on any atom is 0.285 e. The van der Waals surface area contributed by atoms with Crippen molar-refractivity contribution in [1.82, 2.24) is 5.32 Å². The molecule has 0 fully saturated rings. The summed E-state index contributed by atoms with van der Waals surface area (Å²) in [6.45, 7) is 4.76. The van der Waals surface area contributed by atoms with Crippen molar-refractivity contribution in [3.05, 3.63) is 11.8 Å². The Hall–Kier alpha value is -0.990. The van der Waals surface area contributed by atoms with Gasteiger partial charge in [0.2, 0.25) is 0 Å². The molecule has 0 spiro atoms. The van der Waals surface area contributed by atoms with Gasteiger partial charge in [-0.3, -0.25) is 4.79 Å². The van der Waals surface area contributed by atoms with Crippen LogP contribution in [-0.4, -0.2) is 17.6 Å². The first kappa shape index (κ1) is 8.11. The van der Waals surface area contributed by atoms with Gasteiger partial charge in [0.25, 0.3) is 5.91 Å². The topological polar surface area (TPSA) is 49.3 Å². The fraction of sp³-hybridized carbons (Fsp3) is 0.625. The molecule has 1 amide bonds. The smallest absolute Gasteiger partial charge is 0.285 e. The van der Waals surface area contributed by atoms with Crippen molar-refractivity contribution < 1.29 is 9.90 Å². The molecule has 0 radical (unpaired) electrons. The van der Waals surface area contributed by atoms with E-state index in [4.69, 9.17) is 5.11 Å². The highest BCUT2D eigenvalue weighted by atomic mass is 16.3. The second-order valence-corrected chi connectivity index (χ2v) is 3.17. The molecule has 1 heterocycles. The Labute approximate surface area is 66.1 Å². The number of hydrogen-bond donors (Lipinski definition) is 2. The maximum atomic E-state index is 10.7. The van der Waals surface area contributed by atoms with E-state index >= 15 is 0 Å². The molecule has 3 nitrogen and oxygen atoms in total. The van der Waals surface area contributed by atoms with Crippen LogP contribution in [-0.2, 0) is 4.79 Å². The molecule has 0 aliphatic carbocycles. The van der Waals surface area contributed by atoms with Crippen molar-refractivity contribution >= 4 is 5.91 Å². The van der Waals surface area contributed by atoms with Crippen molar-refractivity contribution in [2.75, 3.05) is 6.54 Å². The minimum Gasteiger partial charge on any atom is -0.503 e. The Kier molecular flexibility index (Phi) is 2.17. The Bertz CT molecular complexity index is 196. The van der Waals surface area contributed by atoms with E-state index in [0.29, 0.717) is 12.5 Å². The highest BCUT2D eigenvalue weighted by Crippen LogP contribution is 2.15. The monoisotopic (exact) mass is 155 g/mol. The third-order valence-corrected chi connectivity index (χ3v) is 1.96. The zero-order valence-corrected chi connectivity index (χ0v) is 6.79. The van der Waals surface area contributed by atoms with Crippen molar-refractivity contribution in [2.45, 2.75) is 13.8 Å². The van der Waals surface area contributed by atoms with Crippen LogP contribution < -0.4 is 5.32 Å². The average Bonchev–Trinajstić information content (AvgIpc) is 1.94. The lowest BCUT2D eigenvalue weighted by Crippen LogP contribution is -2.36. The van der Waals surface area contributed by atoms with Crippen LogP contribution in [0, 0.1) is 11.8 Å². The molecule has 0 aromatic rings. The summed E-state index contributed by atoms with van der Waals surface area (Å²) >= 11 is 0. The fourth-order valence-corrected chi connectivity index (χ4v) is 1.07. The lowest BCUT2D eigenvalue weighted by atomic mass is 9.93. The molecular formula is C8H13NO2. The van der Waals surface area contributed by atoms with Crippen molar-refractivity contribution in [1.29, 1.82) is 0 Å². The number of aliphatic hydroxyl groups excluding tert-OH is 1. The third kappa shape index (κ3) is 1.73. The van der Waals surface area contributed by atoms with Crippen LogP contribution in [0.25, 0.3) is 0 Å². The zero-order chi connectivity index (χ0) is 8.43. The van der Waals surface area contributed by atoms with Gasteiger partial charge in [0, 0.05) is 12.5 Å². The van der Waals surface area contributed by atoms with E-state index in [1.807, 2.05) is 0 Å². The lowest BCUT2D eigenvalue weighted by molar-refractivity contribution is -0.120. The Morgan fingerprint density at radius 2 is 2.36 bits per heavy atom. The SMILES string of the molecule is CC(C)C1C=C(O)C(=O)NC1. The van der Waals surface area contributed by atoms with Crippen LogP contribution in [0.1, 0.15) is 13.8 Å². The highest BCUT2D eigenvalue weighted by molar-refractivity contribution is 5.91. The number of hydrogen-bond acceptors (Lipinski definition) is 2. The summed E-state index contributed by atoms with van der Waals surface area (Å²) < 4.78 is 0. The van der Waals surface area contributed by atoms with Crippen LogP contribution in [0.15, 0.2) is 11.8 Å². The van der Waals surface area contributed by atoms with E-state index in [1.54, 1.807) is 6.08 Å². The molecule has 1 atom stereocenters. The van der Waals surface area contributed by atoms with E-state index in [1.165, 1.54) is 0 Å². The Balaban J connectivity index is 2.69. The molecule has 0 saturated carbocycles. The van der Waals surface area contributed by atoms with Crippen LogP contribution in [0.4, 0.5) is 0 Å². The minimum atomic E-state index is -0.359. The number of rotatable bonds is 1. The molecule has 0 bridgehead atoms. The summed E-state index contributed by atoms with van der Waals surface area (Å²) in [7, 11) is 0. The quantitative estimate of drug-likeness (QED) is 0.589. The first-order chi connectivity index (χ1) is 5.11. The van der Waals surface area contributed by atoms with Crippen LogP contribution in [0.3, 0.4) is 0 Å². The first-order valence-corrected chi connectivity index (χ1v) is 3.80. The van der Waals surface area contributed by atoms with E-state index in [9.17, 15) is 4.79 Å². The number of carbonyl (C=O) groups is 1. The van der Waals surface area contributed by atoms with E-state index in [0.717, 1.165) is 0 Å². The zero-order valence-electron chi connectivity index (χ0n) is 6.79. The van der Waals surface area contributed by atoms with Gasteiger partial charge in [-0.15, -0.1) is 0 Å². The fourth-order valence-electron chi connectivity index (χ4n) is 1.07. The van der Waals surface area contributed by atoms with Gasteiger partial charge in [-0.25, -0.2) is 0 Å². The van der Waals surface area contributed by atoms with E-state index < -0.39 is 0 Å². The van der Waals surface area contributed by atoms with Gasteiger partial charge >= 0.3 is 0 Å². The van der Waals surface area contributed by atoms with Crippen LogP contribution in [0.2, 0.25) is 0 Å². The number of nitrogens with one attached hydrogen (secondary N) is 1. The van der Waals surface area contributed by atoms with Gasteiger partial charge in [-0.05, 0) is 12.0 Å². The summed E-state index contributed by atoms with van der Waals surface area (Å²) in [5.74, 6) is 0.224. The molecule has 3 heteroatoms. The lowest BCUT2D eigenvalue weighted by Gasteiger charge is -2.21. The molecule has 11 heavy (non-hydrogen) atoms. The average molecular weight is 155 g/mol. The predicted molar refractivity (Wildman–Crippen MR) is 42.0 cm³/mol.